The zero-order valence-electron chi connectivity index (χ0n) is 10.1. The van der Waals surface area contributed by atoms with Crippen molar-refractivity contribution in [3.8, 4) is 6.07 Å². The van der Waals surface area contributed by atoms with E-state index in [-0.39, 0.29) is 6.04 Å². The van der Waals surface area contributed by atoms with Crippen molar-refractivity contribution in [3.63, 3.8) is 0 Å². The van der Waals surface area contributed by atoms with Crippen molar-refractivity contribution in [2.75, 3.05) is 25.7 Å². The molecular formula is C11H16N4O. The van der Waals surface area contributed by atoms with E-state index in [9.17, 15) is 0 Å². The van der Waals surface area contributed by atoms with E-state index in [4.69, 9.17) is 10.00 Å². The number of likely N-dealkylation sites (N-methyl/N-ethyl adjacent to an activating group) is 1. The van der Waals surface area contributed by atoms with E-state index in [0.717, 1.165) is 5.69 Å². The quantitative estimate of drug-likeness (QED) is 0.761. The van der Waals surface area contributed by atoms with E-state index >= 15 is 0 Å². The summed E-state index contributed by atoms with van der Waals surface area (Å²) in [7, 11) is 3.54. The van der Waals surface area contributed by atoms with Crippen molar-refractivity contribution in [1.82, 2.24) is 9.97 Å². The molecule has 5 heteroatoms. The molecule has 16 heavy (non-hydrogen) atoms. The van der Waals surface area contributed by atoms with Crippen LogP contribution in [-0.2, 0) is 4.74 Å². The van der Waals surface area contributed by atoms with Gasteiger partial charge in [0.25, 0.3) is 0 Å². The Morgan fingerprint density at radius 3 is 2.81 bits per heavy atom. The summed E-state index contributed by atoms with van der Waals surface area (Å²) in [4.78, 5) is 10.3. The van der Waals surface area contributed by atoms with Crippen molar-refractivity contribution < 1.29 is 4.74 Å². The maximum absolute atomic E-state index is 8.83. The van der Waals surface area contributed by atoms with Crippen LogP contribution in [0.3, 0.4) is 0 Å². The van der Waals surface area contributed by atoms with Gasteiger partial charge in [-0.3, -0.25) is 0 Å². The van der Waals surface area contributed by atoms with Gasteiger partial charge in [-0.15, -0.1) is 0 Å². The van der Waals surface area contributed by atoms with Crippen LogP contribution in [-0.4, -0.2) is 36.8 Å². The number of ether oxygens (including phenoxy) is 1. The molecule has 1 unspecified atom stereocenters. The smallest absolute Gasteiger partial charge is 0.226 e. The molecule has 0 N–H and O–H groups in total. The number of hydrogen-bond donors (Lipinski definition) is 0. The van der Waals surface area contributed by atoms with Crippen LogP contribution in [0.25, 0.3) is 0 Å². The number of aryl methyl sites for hydroxylation is 1. The number of methoxy groups -OCH3 is 1. The molecule has 1 heterocycles. The van der Waals surface area contributed by atoms with E-state index < -0.39 is 0 Å². The second-order valence-corrected chi connectivity index (χ2v) is 3.72. The molecule has 1 aromatic rings. The lowest BCUT2D eigenvalue weighted by molar-refractivity contribution is 0.183. The van der Waals surface area contributed by atoms with Crippen molar-refractivity contribution in [3.05, 3.63) is 17.5 Å². The van der Waals surface area contributed by atoms with Crippen molar-refractivity contribution in [2.45, 2.75) is 19.9 Å². The molecule has 0 saturated heterocycles. The fourth-order valence-corrected chi connectivity index (χ4v) is 1.32. The fraction of sp³-hybridized carbons (Fsp3) is 0.545. The molecule has 86 valence electrons. The summed E-state index contributed by atoms with van der Waals surface area (Å²) in [6.07, 6.45) is 0. The number of nitrogens with zero attached hydrogens (tertiary/aromatic N) is 4. The standard InChI is InChI=1S/C11H16N4O/c1-8-5-10(6-12)14-11(13-8)15(3)9(2)7-16-4/h5,9H,7H2,1-4H3. The van der Waals surface area contributed by atoms with Crippen LogP contribution in [0.1, 0.15) is 18.3 Å². The predicted octanol–water partition coefficient (Wildman–Crippen LogP) is 1.13. The Labute approximate surface area is 95.7 Å². The average molecular weight is 220 g/mol. The van der Waals surface area contributed by atoms with Gasteiger partial charge in [0, 0.05) is 19.9 Å². The third kappa shape index (κ3) is 2.91. The highest BCUT2D eigenvalue weighted by Gasteiger charge is 2.13. The first-order chi connectivity index (χ1) is 7.58. The number of aromatic nitrogens is 2. The molecule has 0 aliphatic carbocycles. The number of hydrogen-bond acceptors (Lipinski definition) is 5. The summed E-state index contributed by atoms with van der Waals surface area (Å²) in [5.74, 6) is 0.557. The highest BCUT2D eigenvalue weighted by atomic mass is 16.5. The number of rotatable bonds is 4. The maximum atomic E-state index is 8.83. The molecule has 0 fully saturated rings. The fourth-order valence-electron chi connectivity index (χ4n) is 1.32. The summed E-state index contributed by atoms with van der Waals surface area (Å²) < 4.78 is 5.07. The molecular weight excluding hydrogens is 204 g/mol. The minimum Gasteiger partial charge on any atom is -0.383 e. The highest BCUT2D eigenvalue weighted by Crippen LogP contribution is 2.11. The lowest BCUT2D eigenvalue weighted by Crippen LogP contribution is -2.34. The Morgan fingerprint density at radius 1 is 1.56 bits per heavy atom. The number of nitriles is 1. The molecule has 0 radical (unpaired) electrons. The monoisotopic (exact) mass is 220 g/mol. The van der Waals surface area contributed by atoms with Gasteiger partial charge in [-0.05, 0) is 19.9 Å². The van der Waals surface area contributed by atoms with Crippen LogP contribution in [0.5, 0.6) is 0 Å². The molecule has 0 spiro atoms. The summed E-state index contributed by atoms with van der Waals surface area (Å²) in [5.41, 5.74) is 1.18. The van der Waals surface area contributed by atoms with Gasteiger partial charge in [0.15, 0.2) is 0 Å². The second-order valence-electron chi connectivity index (χ2n) is 3.72. The lowest BCUT2D eigenvalue weighted by Gasteiger charge is -2.24. The van der Waals surface area contributed by atoms with Crippen LogP contribution in [0.4, 0.5) is 5.95 Å². The van der Waals surface area contributed by atoms with E-state index in [1.54, 1.807) is 13.2 Å². The number of anilines is 1. The van der Waals surface area contributed by atoms with E-state index in [1.807, 2.05) is 31.9 Å². The first kappa shape index (κ1) is 12.4. The summed E-state index contributed by atoms with van der Waals surface area (Å²) in [6.45, 7) is 4.46. The van der Waals surface area contributed by atoms with E-state index in [1.165, 1.54) is 0 Å². The Kier molecular flexibility index (Phi) is 4.20. The SMILES string of the molecule is COCC(C)N(C)c1nc(C)cc(C#N)n1. The van der Waals surface area contributed by atoms with Gasteiger partial charge in [-0.2, -0.15) is 5.26 Å². The average Bonchev–Trinajstić information content (AvgIpc) is 2.27. The van der Waals surface area contributed by atoms with Gasteiger partial charge in [-0.1, -0.05) is 0 Å². The van der Waals surface area contributed by atoms with Gasteiger partial charge in [0.1, 0.15) is 11.8 Å². The molecule has 1 rings (SSSR count). The van der Waals surface area contributed by atoms with Crippen LogP contribution in [0, 0.1) is 18.3 Å². The molecule has 5 nitrogen and oxygen atoms in total. The van der Waals surface area contributed by atoms with Crippen LogP contribution in [0.15, 0.2) is 6.07 Å². The molecule has 0 saturated carbocycles. The van der Waals surface area contributed by atoms with Gasteiger partial charge in [0.2, 0.25) is 5.95 Å². The molecule has 0 aliphatic rings. The summed E-state index contributed by atoms with van der Waals surface area (Å²) in [5, 5.41) is 8.83. The Bertz CT molecular complexity index is 399. The van der Waals surface area contributed by atoms with Gasteiger partial charge in [-0.25, -0.2) is 9.97 Å². The second kappa shape index (κ2) is 5.42. The largest absolute Gasteiger partial charge is 0.383 e. The maximum Gasteiger partial charge on any atom is 0.226 e. The molecule has 0 amide bonds. The Morgan fingerprint density at radius 2 is 2.25 bits per heavy atom. The van der Waals surface area contributed by atoms with Gasteiger partial charge >= 0.3 is 0 Å². The minimum absolute atomic E-state index is 0.165. The molecule has 1 aromatic heterocycles. The molecule has 0 aromatic carbocycles. The van der Waals surface area contributed by atoms with Crippen LogP contribution < -0.4 is 4.90 Å². The first-order valence-electron chi connectivity index (χ1n) is 5.06. The lowest BCUT2D eigenvalue weighted by atomic mass is 10.3. The van der Waals surface area contributed by atoms with Crippen molar-refractivity contribution in [2.24, 2.45) is 0 Å². The molecule has 1 atom stereocenters. The van der Waals surface area contributed by atoms with Gasteiger partial charge in [0.05, 0.1) is 12.6 Å². The molecule has 0 aliphatic heterocycles. The minimum atomic E-state index is 0.165. The highest BCUT2D eigenvalue weighted by molar-refractivity contribution is 5.36. The third-order valence-electron chi connectivity index (χ3n) is 2.34. The topological polar surface area (TPSA) is 62.0 Å². The zero-order chi connectivity index (χ0) is 12.1. The predicted molar refractivity (Wildman–Crippen MR) is 61.2 cm³/mol. The Balaban J connectivity index is 2.95. The van der Waals surface area contributed by atoms with Crippen LogP contribution in [0.2, 0.25) is 0 Å². The zero-order valence-corrected chi connectivity index (χ0v) is 10.1. The summed E-state index contributed by atoms with van der Waals surface area (Å²) in [6, 6.07) is 3.86. The van der Waals surface area contributed by atoms with E-state index in [0.29, 0.717) is 18.2 Å². The summed E-state index contributed by atoms with van der Waals surface area (Å²) >= 11 is 0. The van der Waals surface area contributed by atoms with E-state index in [2.05, 4.69) is 9.97 Å². The molecule has 0 bridgehead atoms. The van der Waals surface area contributed by atoms with Gasteiger partial charge < -0.3 is 9.64 Å². The third-order valence-corrected chi connectivity index (χ3v) is 2.34. The van der Waals surface area contributed by atoms with Crippen molar-refractivity contribution >= 4 is 5.95 Å². The Hall–Kier alpha value is -1.67. The van der Waals surface area contributed by atoms with Crippen LogP contribution >= 0.6 is 0 Å². The van der Waals surface area contributed by atoms with Crippen molar-refractivity contribution in [1.29, 1.82) is 5.26 Å². The first-order valence-corrected chi connectivity index (χ1v) is 5.06. The normalized spacial score (nSPS) is 11.9.